The lowest BCUT2D eigenvalue weighted by Crippen LogP contribution is -2.50. The molecule has 2 aromatic heterocycles. The largest absolute Gasteiger partial charge is 0.475 e. The van der Waals surface area contributed by atoms with Gasteiger partial charge in [0.25, 0.3) is 22.8 Å². The Labute approximate surface area is 549 Å². The molecule has 36 heteroatoms. The van der Waals surface area contributed by atoms with Crippen molar-refractivity contribution in [2.75, 3.05) is 89.1 Å². The number of ether oxygens (including phenoxy) is 4. The van der Waals surface area contributed by atoms with Crippen LogP contribution < -0.4 is 22.5 Å². The lowest BCUT2D eigenvalue weighted by atomic mass is 9.80. The molecular weight excluding hydrogens is 1340 g/mol. The number of hydrogen-bond donors (Lipinski definition) is 6. The number of aliphatic hydroxyl groups excluding tert-OH is 2. The first-order valence-corrected chi connectivity index (χ1v) is 36.4. The monoisotopic (exact) mass is 1430 g/mol. The van der Waals surface area contributed by atoms with E-state index in [2.05, 4.69) is 0 Å². The molecule has 2 aliphatic rings. The average Bonchev–Trinajstić information content (AvgIpc) is 1.60. The predicted octanol–water partition coefficient (Wildman–Crippen LogP) is 6.57. The molecule has 6 N–H and O–H groups in total. The number of alkyl halides is 2. The van der Waals surface area contributed by atoms with E-state index in [-0.39, 0.29) is 78.7 Å². The summed E-state index contributed by atoms with van der Waals surface area (Å²) in [6.07, 6.45) is -4.68. The summed E-state index contributed by atoms with van der Waals surface area (Å²) in [6.45, 7) is 15.4. The van der Waals surface area contributed by atoms with Gasteiger partial charge in [0.1, 0.15) is 36.6 Å². The number of phosphoric ester groups is 2. The van der Waals surface area contributed by atoms with Crippen LogP contribution in [0.15, 0.2) is 43.7 Å². The first-order valence-electron chi connectivity index (χ1n) is 29.5. The van der Waals surface area contributed by atoms with Crippen molar-refractivity contribution in [3.63, 3.8) is 0 Å². The van der Waals surface area contributed by atoms with Crippen LogP contribution in [-0.4, -0.2) is 184 Å². The highest BCUT2D eigenvalue weighted by molar-refractivity contribution is 8.14. The summed E-state index contributed by atoms with van der Waals surface area (Å²) in [7, 11) is -9.40. The van der Waals surface area contributed by atoms with E-state index < -0.39 is 134 Å². The summed E-state index contributed by atoms with van der Waals surface area (Å²) < 4.78 is 116. The number of H-pyrrole nitrogens is 2. The molecule has 0 spiro atoms. The van der Waals surface area contributed by atoms with Crippen LogP contribution >= 0.6 is 62.7 Å². The lowest BCUT2D eigenvalue weighted by Gasteiger charge is -2.29. The summed E-state index contributed by atoms with van der Waals surface area (Å²) in [5.41, 5.74) is -11.6. The minimum Gasteiger partial charge on any atom is -0.384 e. The highest BCUT2D eigenvalue weighted by Crippen LogP contribution is 2.55. The van der Waals surface area contributed by atoms with Crippen molar-refractivity contribution in [1.29, 1.82) is 0 Å². The van der Waals surface area contributed by atoms with Crippen molar-refractivity contribution in [1.82, 2.24) is 19.1 Å². The minimum absolute atomic E-state index is 0.0111. The Kier molecular flexibility index (Phi) is 30.7. The number of carbonyl (C=O) groups is 4. The normalized spacial score (nSPS) is 25.2. The maximum absolute atomic E-state index is 16.4. The highest BCUT2D eigenvalue weighted by Gasteiger charge is 2.65. The molecule has 0 radical (unpaired) electrons. The summed E-state index contributed by atoms with van der Waals surface area (Å²) >= 11 is 4.24. The van der Waals surface area contributed by atoms with Gasteiger partial charge >= 0.3 is 27.0 Å². The van der Waals surface area contributed by atoms with Crippen LogP contribution in [0.25, 0.3) is 0 Å². The fourth-order valence-corrected chi connectivity index (χ4v) is 14.4. The molecule has 10 atom stereocenters. The topological polar surface area (TPSA) is 385 Å². The maximum Gasteiger partial charge on any atom is 0.475 e. The number of aromatic nitrogens is 4. The predicted molar refractivity (Wildman–Crippen MR) is 340 cm³/mol. The SMILES string of the molecule is CC(C)(C)C(=O)SCCCCOP(=O)(OCCCCSC(=O)C(C)(C)CCC(C)(C)C(=O)SCCOCCOP(=O)(OCCOCCSC(=O)C(C)(C)C)OCC1(F)OC(n2ccc(=O)[nH]c2=O)C(C)(O)C1O)OCC1(F)OC(n2ccc(=O)[nH]c2=O)C(C)(O)C1O. The van der Waals surface area contributed by atoms with Crippen LogP contribution in [0, 0.1) is 21.7 Å². The molecular formula is C56H90F2N4O24P2S4. The van der Waals surface area contributed by atoms with Gasteiger partial charge in [-0.3, -0.25) is 75.0 Å². The van der Waals surface area contributed by atoms with Crippen LogP contribution in [0.5, 0.6) is 0 Å². The van der Waals surface area contributed by atoms with Gasteiger partial charge in [0.15, 0.2) is 32.9 Å². The molecule has 0 saturated carbocycles. The molecule has 0 aliphatic carbocycles. The van der Waals surface area contributed by atoms with Gasteiger partial charge in [-0.15, -0.1) is 0 Å². The fourth-order valence-electron chi connectivity index (χ4n) is 8.32. The Morgan fingerprint density at radius 1 is 0.522 bits per heavy atom. The Morgan fingerprint density at radius 3 is 1.20 bits per heavy atom. The van der Waals surface area contributed by atoms with Crippen LogP contribution in [0.1, 0.15) is 134 Å². The summed E-state index contributed by atoms with van der Waals surface area (Å²) in [5, 5.41) is 43.5. The van der Waals surface area contributed by atoms with Gasteiger partial charge in [0.2, 0.25) is 0 Å². The van der Waals surface area contributed by atoms with E-state index in [0.29, 0.717) is 52.1 Å². The maximum atomic E-state index is 16.4. The van der Waals surface area contributed by atoms with E-state index in [9.17, 15) is 67.9 Å². The number of unbranched alkanes of at least 4 members (excludes halogenated alkanes) is 2. The number of aromatic amines is 2. The number of hydrogen-bond acceptors (Lipinski definition) is 28. The van der Waals surface area contributed by atoms with Crippen LogP contribution in [0.3, 0.4) is 0 Å². The molecule has 28 nitrogen and oxygen atoms in total. The fraction of sp³-hybridized carbons (Fsp3) is 0.786. The Hall–Kier alpha value is -2.80. The molecule has 0 amide bonds. The number of thioether (sulfide) groups is 4. The third kappa shape index (κ3) is 24.0. The Morgan fingerprint density at radius 2 is 0.848 bits per heavy atom. The zero-order valence-corrected chi connectivity index (χ0v) is 58.9. The highest BCUT2D eigenvalue weighted by atomic mass is 32.2. The molecule has 2 fully saturated rings. The zero-order chi connectivity index (χ0) is 69.4. The summed E-state index contributed by atoms with van der Waals surface area (Å²) in [4.78, 5) is 104. The van der Waals surface area contributed by atoms with Crippen LogP contribution in [-0.2, 0) is 74.4 Å². The van der Waals surface area contributed by atoms with Crippen molar-refractivity contribution in [2.45, 2.75) is 169 Å². The molecule has 2 aliphatic heterocycles. The number of rotatable bonds is 39. The Balaban J connectivity index is 1.23. The van der Waals surface area contributed by atoms with Gasteiger partial charge in [0, 0.05) is 69.2 Å². The van der Waals surface area contributed by atoms with Crippen molar-refractivity contribution in [3.8, 4) is 0 Å². The molecule has 526 valence electrons. The molecule has 92 heavy (non-hydrogen) atoms. The third-order valence-electron chi connectivity index (χ3n) is 14.2. The molecule has 4 heterocycles. The molecule has 4 rings (SSSR count). The summed E-state index contributed by atoms with van der Waals surface area (Å²) in [5.74, 6) is -5.36. The van der Waals surface area contributed by atoms with Crippen molar-refractivity contribution in [2.24, 2.45) is 21.7 Å². The third-order valence-corrected chi connectivity index (χ3v) is 22.2. The number of halogens is 2. The lowest BCUT2D eigenvalue weighted by molar-refractivity contribution is -0.205. The van der Waals surface area contributed by atoms with E-state index >= 15 is 8.78 Å². The number of nitrogens with one attached hydrogen (secondary N) is 2. The second-order valence-electron chi connectivity index (χ2n) is 25.5. The van der Waals surface area contributed by atoms with Gasteiger partial charge in [-0.05, 0) is 52.4 Å². The number of aliphatic hydroxyl groups is 4. The quantitative estimate of drug-likeness (QED) is 0.0304. The molecule has 2 aromatic rings. The number of nitrogens with zero attached hydrogens (tertiary/aromatic N) is 2. The molecule has 0 aromatic carbocycles. The van der Waals surface area contributed by atoms with Gasteiger partial charge in [-0.25, -0.2) is 27.5 Å². The first-order chi connectivity index (χ1) is 42.5. The van der Waals surface area contributed by atoms with E-state index in [1.807, 2.05) is 9.97 Å². The second-order valence-corrected chi connectivity index (χ2v) is 33.1. The van der Waals surface area contributed by atoms with Gasteiger partial charge in [-0.2, -0.15) is 0 Å². The number of phosphoric acid groups is 2. The average molecular weight is 1430 g/mol. The first kappa shape index (κ1) is 81.6. The van der Waals surface area contributed by atoms with E-state index in [1.54, 1.807) is 69.2 Å². The van der Waals surface area contributed by atoms with E-state index in [4.69, 9.17) is 46.1 Å². The molecule has 0 bridgehead atoms. The molecule has 2 saturated heterocycles. The second kappa shape index (κ2) is 34.6. The van der Waals surface area contributed by atoms with Gasteiger partial charge in [-0.1, -0.05) is 116 Å². The smallest absolute Gasteiger partial charge is 0.384 e. The summed E-state index contributed by atoms with van der Waals surface area (Å²) in [6, 6.07) is 1.83. The van der Waals surface area contributed by atoms with E-state index in [1.165, 1.54) is 0 Å². The van der Waals surface area contributed by atoms with Crippen molar-refractivity contribution >= 4 is 83.2 Å². The number of carbonyl (C=O) groups excluding carboxylic acids is 4. The van der Waals surface area contributed by atoms with E-state index in [0.717, 1.165) is 85.4 Å². The Bertz CT molecular complexity index is 3140. The van der Waals surface area contributed by atoms with Crippen LogP contribution in [0.4, 0.5) is 8.78 Å². The minimum atomic E-state index is -4.75. The standard InChI is InChI=1S/C56H90F2N4O24P2S4/c1-49(2,3)43(67)89-31-15-13-23-79-87(75,83-35-55(57)39(65)53(11,73)41(85-55)61-21-17-37(63)59-47(61)71)80-24-14-16-32-90-45(69)51(7,8)19-20-52(9,10)46(70)92-34-30-78-26-28-82-88(76,81-27-25-77-29-33-91-44(68)50(4,5)6)84-36-56(58)40(66)54(12,74)42(86-56)62-22-18-38(64)60-48(62)72/h17-18,21-22,39-42,65-66,73-74H,13-16,19-20,23-36H2,1-12H3,(H,59,63,71)(H,60,64,72). The van der Waals surface area contributed by atoms with Crippen molar-refractivity contribution < 1.29 is 104 Å². The van der Waals surface area contributed by atoms with Crippen LogP contribution in [0.2, 0.25) is 0 Å². The van der Waals surface area contributed by atoms with Gasteiger partial charge in [0.05, 0.1) is 52.9 Å². The van der Waals surface area contributed by atoms with Gasteiger partial charge < -0.3 is 39.4 Å². The molecule has 10 unspecified atom stereocenters. The zero-order valence-electron chi connectivity index (χ0n) is 53.9. The van der Waals surface area contributed by atoms with Crippen molar-refractivity contribution in [3.05, 3.63) is 66.2 Å².